The summed E-state index contributed by atoms with van der Waals surface area (Å²) in [7, 11) is 5.16. The Morgan fingerprint density at radius 2 is 1.74 bits per heavy atom. The highest BCUT2D eigenvalue weighted by Gasteiger charge is 2.20. The molecule has 2 aromatic rings. The third kappa shape index (κ3) is 5.15. The maximum atomic E-state index is 12.7. The van der Waals surface area contributed by atoms with E-state index in [1.54, 1.807) is 20.3 Å². The van der Waals surface area contributed by atoms with Crippen LogP contribution in [0.2, 0.25) is 5.02 Å². The van der Waals surface area contributed by atoms with Crippen molar-refractivity contribution in [1.29, 1.82) is 0 Å². The van der Waals surface area contributed by atoms with Gasteiger partial charge in [0, 0.05) is 17.3 Å². The second kappa shape index (κ2) is 9.11. The van der Waals surface area contributed by atoms with Gasteiger partial charge in [0.15, 0.2) is 11.5 Å². The van der Waals surface area contributed by atoms with Crippen molar-refractivity contribution in [2.45, 2.75) is 33.4 Å². The molecule has 0 unspecified atom stereocenters. The van der Waals surface area contributed by atoms with Gasteiger partial charge in [0.25, 0.3) is 0 Å². The van der Waals surface area contributed by atoms with Gasteiger partial charge in [-0.3, -0.25) is 9.69 Å². The number of hydrogen-bond acceptors (Lipinski definition) is 4. The topological polar surface area (TPSA) is 50.8 Å². The van der Waals surface area contributed by atoms with Crippen LogP contribution < -0.4 is 14.8 Å². The number of carbonyl (C=O) groups excluding carboxylic acids is 1. The van der Waals surface area contributed by atoms with Crippen LogP contribution in [0.15, 0.2) is 30.3 Å². The first-order chi connectivity index (χ1) is 12.8. The number of nitrogens with zero attached hydrogens (tertiary/aromatic N) is 1. The number of halogens is 1. The van der Waals surface area contributed by atoms with E-state index < -0.39 is 0 Å². The van der Waals surface area contributed by atoms with Gasteiger partial charge in [-0.1, -0.05) is 17.7 Å². The molecule has 0 saturated carbocycles. The van der Waals surface area contributed by atoms with Crippen LogP contribution in [-0.4, -0.2) is 38.1 Å². The van der Waals surface area contributed by atoms with E-state index in [-0.39, 0.29) is 11.9 Å². The third-order valence-corrected chi connectivity index (χ3v) is 5.00. The number of nitrogens with one attached hydrogen (secondary N) is 1. The Balaban J connectivity index is 2.12. The lowest BCUT2D eigenvalue weighted by molar-refractivity contribution is -0.120. The lowest BCUT2D eigenvalue weighted by Crippen LogP contribution is -2.39. The monoisotopic (exact) mass is 390 g/mol. The van der Waals surface area contributed by atoms with Gasteiger partial charge in [0.2, 0.25) is 5.91 Å². The first kappa shape index (κ1) is 21.1. The number of carbonyl (C=O) groups is 1. The highest BCUT2D eigenvalue weighted by atomic mass is 35.5. The van der Waals surface area contributed by atoms with Crippen molar-refractivity contribution in [1.82, 2.24) is 4.90 Å². The van der Waals surface area contributed by atoms with Crippen molar-refractivity contribution < 1.29 is 14.3 Å². The molecule has 0 fully saturated rings. The Bertz CT molecular complexity index is 823. The quantitative estimate of drug-likeness (QED) is 0.759. The van der Waals surface area contributed by atoms with E-state index in [1.807, 2.05) is 57.0 Å². The van der Waals surface area contributed by atoms with Crippen LogP contribution in [0.4, 0.5) is 5.69 Å². The van der Waals surface area contributed by atoms with E-state index in [4.69, 9.17) is 21.1 Å². The summed E-state index contributed by atoms with van der Waals surface area (Å²) in [5, 5.41) is 3.56. The van der Waals surface area contributed by atoms with Crippen molar-refractivity contribution in [3.05, 3.63) is 52.0 Å². The average Bonchev–Trinajstić information content (AvgIpc) is 2.65. The Hall–Kier alpha value is -2.24. The predicted molar refractivity (Wildman–Crippen MR) is 110 cm³/mol. The molecule has 146 valence electrons. The van der Waals surface area contributed by atoms with E-state index >= 15 is 0 Å². The maximum absolute atomic E-state index is 12.7. The molecule has 5 nitrogen and oxygen atoms in total. The third-order valence-electron chi connectivity index (χ3n) is 4.76. The molecule has 0 aliphatic rings. The van der Waals surface area contributed by atoms with Gasteiger partial charge in [-0.2, -0.15) is 0 Å². The highest BCUT2D eigenvalue weighted by Crippen LogP contribution is 2.31. The lowest BCUT2D eigenvalue weighted by Gasteiger charge is -2.25. The largest absolute Gasteiger partial charge is 0.493 e. The van der Waals surface area contributed by atoms with Gasteiger partial charge >= 0.3 is 0 Å². The summed E-state index contributed by atoms with van der Waals surface area (Å²) in [6, 6.07) is 9.04. The average molecular weight is 391 g/mol. The number of likely N-dealkylation sites (N-methyl/N-ethyl adjacent to an activating group) is 1. The summed E-state index contributed by atoms with van der Waals surface area (Å²) >= 11 is 6.04. The molecule has 1 atom stereocenters. The molecule has 0 heterocycles. The molecule has 0 aromatic heterocycles. The fourth-order valence-corrected chi connectivity index (χ4v) is 2.94. The van der Waals surface area contributed by atoms with Crippen LogP contribution in [0.1, 0.15) is 23.6 Å². The molecular weight excluding hydrogens is 364 g/mol. The minimum absolute atomic E-state index is 0.0824. The van der Waals surface area contributed by atoms with Crippen LogP contribution in [-0.2, 0) is 11.3 Å². The molecule has 0 radical (unpaired) electrons. The van der Waals surface area contributed by atoms with Crippen LogP contribution in [0.25, 0.3) is 0 Å². The lowest BCUT2D eigenvalue weighted by atomic mass is 10.1. The van der Waals surface area contributed by atoms with Crippen LogP contribution in [0.3, 0.4) is 0 Å². The number of anilines is 1. The predicted octanol–water partition coefficient (Wildman–Crippen LogP) is 4.43. The SMILES string of the molecule is COc1cc(C)c(CN(C)[C@@H](C)C(=O)Nc2cc(Cl)ccc2C)cc1OC. The van der Waals surface area contributed by atoms with Gasteiger partial charge in [-0.15, -0.1) is 0 Å². The van der Waals surface area contributed by atoms with E-state index in [1.165, 1.54) is 0 Å². The van der Waals surface area contributed by atoms with Gasteiger partial charge in [-0.25, -0.2) is 0 Å². The Morgan fingerprint density at radius 3 is 2.37 bits per heavy atom. The highest BCUT2D eigenvalue weighted by molar-refractivity contribution is 6.31. The number of rotatable bonds is 7. The van der Waals surface area contributed by atoms with Crippen molar-refractivity contribution in [3.63, 3.8) is 0 Å². The van der Waals surface area contributed by atoms with Crippen molar-refractivity contribution in [3.8, 4) is 11.5 Å². The fourth-order valence-electron chi connectivity index (χ4n) is 2.76. The number of ether oxygens (including phenoxy) is 2. The Labute approximate surface area is 166 Å². The minimum Gasteiger partial charge on any atom is -0.493 e. The van der Waals surface area contributed by atoms with Crippen LogP contribution >= 0.6 is 11.6 Å². The van der Waals surface area contributed by atoms with Crippen molar-refractivity contribution in [2.24, 2.45) is 0 Å². The summed E-state index contributed by atoms with van der Waals surface area (Å²) in [6.45, 7) is 6.44. The number of benzene rings is 2. The zero-order chi connectivity index (χ0) is 20.1. The smallest absolute Gasteiger partial charge is 0.241 e. The van der Waals surface area contributed by atoms with E-state index in [0.29, 0.717) is 23.1 Å². The van der Waals surface area contributed by atoms with Crippen molar-refractivity contribution in [2.75, 3.05) is 26.6 Å². The molecule has 0 aliphatic heterocycles. The standard InChI is InChI=1S/C21H27ClN2O3/c1-13-7-8-17(22)11-18(13)23-21(25)15(3)24(4)12-16-10-20(27-6)19(26-5)9-14(16)2/h7-11,15H,12H2,1-6H3,(H,23,25)/t15-/m0/s1. The van der Waals surface area contributed by atoms with Gasteiger partial charge < -0.3 is 14.8 Å². The molecule has 1 N–H and O–H groups in total. The van der Waals surface area contributed by atoms with Gasteiger partial charge in [0.05, 0.1) is 20.3 Å². The van der Waals surface area contributed by atoms with E-state index in [9.17, 15) is 4.79 Å². The summed E-state index contributed by atoms with van der Waals surface area (Å²) in [5.41, 5.74) is 3.86. The molecule has 1 amide bonds. The molecular formula is C21H27ClN2O3. The molecule has 0 spiro atoms. The van der Waals surface area contributed by atoms with Gasteiger partial charge in [0.1, 0.15) is 0 Å². The number of aryl methyl sites for hydroxylation is 2. The van der Waals surface area contributed by atoms with Gasteiger partial charge in [-0.05, 0) is 68.8 Å². The number of hydrogen-bond donors (Lipinski definition) is 1. The molecule has 27 heavy (non-hydrogen) atoms. The first-order valence-corrected chi connectivity index (χ1v) is 9.13. The summed E-state index contributed by atoms with van der Waals surface area (Å²) in [5.74, 6) is 1.29. The fraction of sp³-hybridized carbons (Fsp3) is 0.381. The zero-order valence-corrected chi connectivity index (χ0v) is 17.5. The summed E-state index contributed by atoms with van der Waals surface area (Å²) in [6.07, 6.45) is 0. The maximum Gasteiger partial charge on any atom is 0.241 e. The summed E-state index contributed by atoms with van der Waals surface area (Å²) in [4.78, 5) is 14.7. The number of amides is 1. The molecule has 2 rings (SSSR count). The van der Waals surface area contributed by atoms with E-state index in [0.717, 1.165) is 22.4 Å². The number of methoxy groups -OCH3 is 2. The Kier molecular flexibility index (Phi) is 7.11. The molecule has 6 heteroatoms. The summed E-state index contributed by atoms with van der Waals surface area (Å²) < 4.78 is 10.7. The normalized spacial score (nSPS) is 12.0. The molecule has 0 saturated heterocycles. The zero-order valence-electron chi connectivity index (χ0n) is 16.7. The van der Waals surface area contributed by atoms with Crippen LogP contribution in [0.5, 0.6) is 11.5 Å². The Morgan fingerprint density at radius 1 is 1.11 bits per heavy atom. The van der Waals surface area contributed by atoms with Crippen LogP contribution in [0, 0.1) is 13.8 Å². The molecule has 0 bridgehead atoms. The van der Waals surface area contributed by atoms with Crippen molar-refractivity contribution >= 4 is 23.2 Å². The minimum atomic E-state index is -0.323. The molecule has 0 aliphatic carbocycles. The first-order valence-electron chi connectivity index (χ1n) is 8.75. The second-order valence-corrected chi connectivity index (χ2v) is 7.11. The van der Waals surface area contributed by atoms with E-state index in [2.05, 4.69) is 5.32 Å². The molecule has 2 aromatic carbocycles. The second-order valence-electron chi connectivity index (χ2n) is 6.67.